The van der Waals surface area contributed by atoms with Gasteiger partial charge in [-0.3, -0.25) is 4.57 Å². The molecule has 0 N–H and O–H groups in total. The molecule has 4 atom stereocenters. The first kappa shape index (κ1) is 31.4. The van der Waals surface area contributed by atoms with Crippen LogP contribution in [0, 0.1) is 0 Å². The van der Waals surface area contributed by atoms with Crippen LogP contribution in [0.25, 0.3) is 0 Å². The third-order valence-corrected chi connectivity index (χ3v) is 8.76. The molecule has 1 aliphatic rings. The topological polar surface area (TPSA) is 72.5 Å². The maximum absolute atomic E-state index is 16.2. The first-order valence-electron chi connectivity index (χ1n) is 13.7. The van der Waals surface area contributed by atoms with Crippen molar-refractivity contribution in [1.29, 1.82) is 0 Å². The van der Waals surface area contributed by atoms with Gasteiger partial charge in [0.05, 0.1) is 39.6 Å². The zero-order valence-electron chi connectivity index (χ0n) is 23.3. The van der Waals surface area contributed by atoms with Crippen molar-refractivity contribution in [1.82, 2.24) is 0 Å². The Hall–Kier alpha value is -2.49. The summed E-state index contributed by atoms with van der Waals surface area (Å²) in [6, 6.07) is 28.0. The second-order valence-electron chi connectivity index (χ2n) is 9.54. The van der Waals surface area contributed by atoms with Crippen molar-refractivity contribution in [3.05, 3.63) is 108 Å². The van der Waals surface area contributed by atoms with Gasteiger partial charge in [-0.25, -0.2) is 0 Å². The standard InChI is InChI=1S/C31H37F2O7P/c1-3-38-41(34,39-4-2)31(32,33)30-29(37-22-26-18-12-7-13-19-26)28(36-21-25-16-10-6-11-17-25)27(40-30)23-35-20-24-14-8-5-9-15-24/h5-19,27-30H,3-4,20-23H2,1-2H3/t27-,28-,29+,30+/m1/s1. The van der Waals surface area contributed by atoms with Gasteiger partial charge >= 0.3 is 13.3 Å². The highest BCUT2D eigenvalue weighted by molar-refractivity contribution is 7.55. The summed E-state index contributed by atoms with van der Waals surface area (Å²) in [7, 11) is -4.94. The van der Waals surface area contributed by atoms with Gasteiger partial charge in [0.1, 0.15) is 18.3 Å². The summed E-state index contributed by atoms with van der Waals surface area (Å²) in [5.41, 5.74) is -1.49. The van der Waals surface area contributed by atoms with Crippen LogP contribution in [0.3, 0.4) is 0 Å². The summed E-state index contributed by atoms with van der Waals surface area (Å²) in [5, 5.41) is 0. The lowest BCUT2D eigenvalue weighted by Crippen LogP contribution is -2.46. The second-order valence-corrected chi connectivity index (χ2v) is 11.6. The quantitative estimate of drug-likeness (QED) is 0.166. The second kappa shape index (κ2) is 15.1. The number of halogens is 2. The molecule has 0 aromatic heterocycles. The Morgan fingerprint density at radius 1 is 0.707 bits per heavy atom. The zero-order chi connectivity index (χ0) is 29.1. The van der Waals surface area contributed by atoms with Crippen LogP contribution < -0.4 is 0 Å². The Kier molecular flexibility index (Phi) is 11.6. The molecule has 0 spiro atoms. The van der Waals surface area contributed by atoms with Crippen LogP contribution in [0.15, 0.2) is 91.0 Å². The molecule has 0 unspecified atom stereocenters. The van der Waals surface area contributed by atoms with Crippen LogP contribution in [0.1, 0.15) is 30.5 Å². The normalized spacial score (nSPS) is 21.3. The lowest BCUT2D eigenvalue weighted by molar-refractivity contribution is -0.142. The highest BCUT2D eigenvalue weighted by Gasteiger charge is 2.67. The number of alkyl halides is 2. The first-order chi connectivity index (χ1) is 19.9. The minimum absolute atomic E-state index is 0.0117. The van der Waals surface area contributed by atoms with Crippen molar-refractivity contribution >= 4 is 7.60 Å². The average molecular weight is 591 g/mol. The van der Waals surface area contributed by atoms with Crippen LogP contribution >= 0.6 is 7.60 Å². The van der Waals surface area contributed by atoms with E-state index in [1.54, 1.807) is 0 Å². The Morgan fingerprint density at radius 2 is 1.15 bits per heavy atom. The fraction of sp³-hybridized carbons (Fsp3) is 0.419. The summed E-state index contributed by atoms with van der Waals surface area (Å²) in [5.74, 6) is 0. The molecule has 4 rings (SSSR count). The van der Waals surface area contributed by atoms with Gasteiger partial charge in [0, 0.05) is 0 Å². The molecule has 3 aromatic rings. The fourth-order valence-corrected chi connectivity index (χ4v) is 6.25. The summed E-state index contributed by atoms with van der Waals surface area (Å²) in [6.45, 7) is 2.83. The van der Waals surface area contributed by atoms with E-state index in [-0.39, 0.29) is 39.6 Å². The number of rotatable bonds is 16. The predicted molar refractivity (Wildman–Crippen MR) is 151 cm³/mol. The van der Waals surface area contributed by atoms with E-state index in [1.165, 1.54) is 13.8 Å². The molecule has 0 radical (unpaired) electrons. The third-order valence-electron chi connectivity index (χ3n) is 6.58. The van der Waals surface area contributed by atoms with Crippen molar-refractivity contribution in [2.45, 2.75) is 63.7 Å². The number of hydrogen-bond donors (Lipinski definition) is 0. The van der Waals surface area contributed by atoms with Crippen LogP contribution in [-0.2, 0) is 52.4 Å². The number of hydrogen-bond acceptors (Lipinski definition) is 7. The van der Waals surface area contributed by atoms with Crippen molar-refractivity contribution in [3.8, 4) is 0 Å². The van der Waals surface area contributed by atoms with E-state index in [4.69, 9.17) is 28.0 Å². The molecule has 0 bridgehead atoms. The molecule has 222 valence electrons. The van der Waals surface area contributed by atoms with Gasteiger partial charge in [-0.1, -0.05) is 91.0 Å². The molecule has 7 nitrogen and oxygen atoms in total. The van der Waals surface area contributed by atoms with E-state index in [1.807, 2.05) is 91.0 Å². The van der Waals surface area contributed by atoms with Gasteiger partial charge in [0.15, 0.2) is 6.10 Å². The van der Waals surface area contributed by atoms with E-state index in [9.17, 15) is 4.57 Å². The van der Waals surface area contributed by atoms with Gasteiger partial charge in [-0.2, -0.15) is 8.78 Å². The highest BCUT2D eigenvalue weighted by Crippen LogP contribution is 2.65. The molecular weight excluding hydrogens is 553 g/mol. The molecule has 1 saturated heterocycles. The Balaban J connectivity index is 1.63. The summed E-state index contributed by atoms with van der Waals surface area (Å²) >= 11 is 0. The molecule has 0 aliphatic carbocycles. The molecule has 10 heteroatoms. The molecule has 3 aromatic carbocycles. The fourth-order valence-electron chi connectivity index (χ4n) is 4.63. The minimum atomic E-state index is -4.94. The van der Waals surface area contributed by atoms with Gasteiger partial charge in [-0.15, -0.1) is 0 Å². The van der Waals surface area contributed by atoms with Crippen LogP contribution in [0.4, 0.5) is 8.78 Å². The van der Waals surface area contributed by atoms with Gasteiger partial charge in [0.2, 0.25) is 0 Å². The molecule has 1 aliphatic heterocycles. The lowest BCUT2D eigenvalue weighted by Gasteiger charge is -2.32. The maximum Gasteiger partial charge on any atom is 0.402 e. The van der Waals surface area contributed by atoms with Crippen molar-refractivity contribution in [2.24, 2.45) is 0 Å². The Labute approximate surface area is 240 Å². The predicted octanol–water partition coefficient (Wildman–Crippen LogP) is 7.00. The largest absolute Gasteiger partial charge is 0.402 e. The monoisotopic (exact) mass is 590 g/mol. The minimum Gasteiger partial charge on any atom is -0.374 e. The summed E-state index contributed by atoms with van der Waals surface area (Å²) < 4.78 is 80.2. The molecule has 0 saturated carbocycles. The SMILES string of the molecule is CCOP(=O)(OCC)C(F)(F)[C@H]1O[C@H](COCc2ccccc2)[C@@H](OCc2ccccc2)[C@@H]1OCc1ccccc1. The van der Waals surface area contributed by atoms with Crippen molar-refractivity contribution in [3.63, 3.8) is 0 Å². The maximum atomic E-state index is 16.2. The van der Waals surface area contributed by atoms with Crippen LogP contribution in [-0.4, -0.2) is 49.9 Å². The smallest absolute Gasteiger partial charge is 0.374 e. The van der Waals surface area contributed by atoms with E-state index < -0.39 is 37.7 Å². The summed E-state index contributed by atoms with van der Waals surface area (Å²) in [4.78, 5) is 0. The van der Waals surface area contributed by atoms with Crippen LogP contribution in [0.2, 0.25) is 0 Å². The highest BCUT2D eigenvalue weighted by atomic mass is 31.2. The van der Waals surface area contributed by atoms with Gasteiger partial charge < -0.3 is 28.0 Å². The van der Waals surface area contributed by atoms with E-state index in [0.29, 0.717) is 0 Å². The van der Waals surface area contributed by atoms with E-state index in [2.05, 4.69) is 0 Å². The van der Waals surface area contributed by atoms with Crippen molar-refractivity contribution < 1.29 is 41.3 Å². The first-order valence-corrected chi connectivity index (χ1v) is 15.3. The zero-order valence-corrected chi connectivity index (χ0v) is 24.2. The van der Waals surface area contributed by atoms with Crippen molar-refractivity contribution in [2.75, 3.05) is 19.8 Å². The molecule has 0 amide bonds. The van der Waals surface area contributed by atoms with Gasteiger partial charge in [-0.05, 0) is 30.5 Å². The number of benzene rings is 3. The third kappa shape index (κ3) is 8.08. The molecule has 1 fully saturated rings. The van der Waals surface area contributed by atoms with Crippen LogP contribution in [0.5, 0.6) is 0 Å². The van der Waals surface area contributed by atoms with E-state index in [0.717, 1.165) is 16.7 Å². The Morgan fingerprint density at radius 3 is 1.61 bits per heavy atom. The molecule has 41 heavy (non-hydrogen) atoms. The molecule has 1 heterocycles. The average Bonchev–Trinajstić information content (AvgIpc) is 3.34. The lowest BCUT2D eigenvalue weighted by atomic mass is 10.1. The Bertz CT molecular complexity index is 1210. The molecular formula is C31H37F2O7P. The van der Waals surface area contributed by atoms with Gasteiger partial charge in [0.25, 0.3) is 0 Å². The number of ether oxygens (including phenoxy) is 4. The van der Waals surface area contributed by atoms with E-state index >= 15 is 8.78 Å². The summed E-state index contributed by atoms with van der Waals surface area (Å²) in [6.07, 6.45) is -5.22.